The Hall–Kier alpha value is -3.52. The number of rotatable bonds is 5. The van der Waals surface area contributed by atoms with Gasteiger partial charge in [0.2, 0.25) is 0 Å². The van der Waals surface area contributed by atoms with Crippen molar-refractivity contribution in [2.24, 2.45) is 0 Å². The van der Waals surface area contributed by atoms with E-state index in [1.54, 1.807) is 17.0 Å². The van der Waals surface area contributed by atoms with Gasteiger partial charge in [-0.1, -0.05) is 24.3 Å². The van der Waals surface area contributed by atoms with Crippen LogP contribution in [-0.4, -0.2) is 56.6 Å². The topological polar surface area (TPSA) is 84.5 Å². The molecule has 1 saturated heterocycles. The van der Waals surface area contributed by atoms with Crippen molar-refractivity contribution in [2.45, 2.75) is 20.4 Å². The zero-order valence-corrected chi connectivity index (χ0v) is 17.7. The lowest BCUT2D eigenvalue weighted by molar-refractivity contribution is -0.384. The van der Waals surface area contributed by atoms with Gasteiger partial charge in [-0.2, -0.15) is 5.10 Å². The average molecular weight is 419 g/mol. The van der Waals surface area contributed by atoms with Gasteiger partial charge in [-0.3, -0.25) is 19.8 Å². The molecule has 1 aromatic heterocycles. The van der Waals surface area contributed by atoms with Crippen molar-refractivity contribution in [2.75, 3.05) is 26.2 Å². The number of nitrogens with zero attached hydrogens (tertiary/aromatic N) is 5. The summed E-state index contributed by atoms with van der Waals surface area (Å²) in [6.45, 7) is 7.57. The standard InChI is InChI=1S/C23H25N5O3/c1-17-22(18(2)27(24-17)20-8-4-3-5-9-20)16-25-11-13-26(14-12-25)23(29)19-7-6-10-21(15-19)28(30)31/h3-10,15H,11-14,16H2,1-2H3. The van der Waals surface area contributed by atoms with Crippen molar-refractivity contribution in [3.05, 3.63) is 87.2 Å². The highest BCUT2D eigenvalue weighted by Crippen LogP contribution is 2.21. The number of amides is 1. The molecule has 2 aromatic carbocycles. The summed E-state index contributed by atoms with van der Waals surface area (Å²) in [7, 11) is 0. The number of non-ortho nitro benzene ring substituents is 1. The van der Waals surface area contributed by atoms with Crippen LogP contribution in [0.15, 0.2) is 54.6 Å². The Balaban J connectivity index is 1.41. The Labute approximate surface area is 180 Å². The molecular formula is C23H25N5O3. The molecule has 160 valence electrons. The van der Waals surface area contributed by atoms with E-state index in [9.17, 15) is 14.9 Å². The number of aryl methyl sites for hydroxylation is 1. The summed E-state index contributed by atoms with van der Waals surface area (Å²) < 4.78 is 1.98. The quantitative estimate of drug-likeness (QED) is 0.468. The molecule has 0 unspecified atom stereocenters. The van der Waals surface area contributed by atoms with E-state index in [0.29, 0.717) is 18.7 Å². The second kappa shape index (κ2) is 8.69. The molecule has 1 amide bonds. The molecule has 0 saturated carbocycles. The van der Waals surface area contributed by atoms with Gasteiger partial charge in [0, 0.05) is 61.7 Å². The number of para-hydroxylation sites is 1. The molecule has 4 rings (SSSR count). The molecule has 0 bridgehead atoms. The SMILES string of the molecule is Cc1nn(-c2ccccc2)c(C)c1CN1CCN(C(=O)c2cccc([N+](=O)[O-])c2)CC1. The fraction of sp³-hybridized carbons (Fsp3) is 0.304. The molecule has 2 heterocycles. The van der Waals surface area contributed by atoms with E-state index in [2.05, 4.69) is 11.8 Å². The molecule has 1 fully saturated rings. The summed E-state index contributed by atoms with van der Waals surface area (Å²) in [6, 6.07) is 16.0. The third-order valence-electron chi connectivity index (χ3n) is 5.79. The summed E-state index contributed by atoms with van der Waals surface area (Å²) in [4.78, 5) is 27.4. The Kier molecular flexibility index (Phi) is 5.81. The van der Waals surface area contributed by atoms with Crippen LogP contribution in [0.2, 0.25) is 0 Å². The van der Waals surface area contributed by atoms with Crippen molar-refractivity contribution in [3.63, 3.8) is 0 Å². The molecule has 0 radical (unpaired) electrons. The van der Waals surface area contributed by atoms with Crippen LogP contribution in [0.3, 0.4) is 0 Å². The van der Waals surface area contributed by atoms with Crippen molar-refractivity contribution in [1.29, 1.82) is 0 Å². The predicted molar refractivity (Wildman–Crippen MR) is 117 cm³/mol. The number of piperazine rings is 1. The molecule has 0 spiro atoms. The number of benzene rings is 2. The van der Waals surface area contributed by atoms with Crippen molar-refractivity contribution in [1.82, 2.24) is 19.6 Å². The zero-order valence-electron chi connectivity index (χ0n) is 17.7. The lowest BCUT2D eigenvalue weighted by atomic mass is 10.1. The Morgan fingerprint density at radius 1 is 1.03 bits per heavy atom. The highest BCUT2D eigenvalue weighted by Gasteiger charge is 2.24. The number of aromatic nitrogens is 2. The van der Waals surface area contributed by atoms with E-state index >= 15 is 0 Å². The van der Waals surface area contributed by atoms with Crippen LogP contribution in [0.5, 0.6) is 0 Å². The van der Waals surface area contributed by atoms with Crippen LogP contribution in [0.25, 0.3) is 5.69 Å². The van der Waals surface area contributed by atoms with Crippen LogP contribution < -0.4 is 0 Å². The molecular weight excluding hydrogens is 394 g/mol. The molecule has 8 nitrogen and oxygen atoms in total. The third kappa shape index (κ3) is 4.34. The molecule has 31 heavy (non-hydrogen) atoms. The Morgan fingerprint density at radius 3 is 2.42 bits per heavy atom. The number of nitro benzene ring substituents is 1. The monoisotopic (exact) mass is 419 g/mol. The summed E-state index contributed by atoms with van der Waals surface area (Å²) in [6.07, 6.45) is 0. The van der Waals surface area contributed by atoms with Crippen LogP contribution in [0.1, 0.15) is 27.3 Å². The van der Waals surface area contributed by atoms with Crippen LogP contribution in [0, 0.1) is 24.0 Å². The highest BCUT2D eigenvalue weighted by atomic mass is 16.6. The van der Waals surface area contributed by atoms with Crippen molar-refractivity contribution < 1.29 is 9.72 Å². The van der Waals surface area contributed by atoms with E-state index in [4.69, 9.17) is 5.10 Å². The minimum atomic E-state index is -0.477. The predicted octanol–water partition coefficient (Wildman–Crippen LogP) is 3.36. The van der Waals surface area contributed by atoms with Gasteiger partial charge in [0.05, 0.1) is 16.3 Å². The molecule has 1 aliphatic rings. The first-order valence-corrected chi connectivity index (χ1v) is 10.3. The lowest BCUT2D eigenvalue weighted by Gasteiger charge is -2.34. The molecule has 1 aliphatic heterocycles. The van der Waals surface area contributed by atoms with Crippen molar-refractivity contribution in [3.8, 4) is 5.69 Å². The first-order chi connectivity index (χ1) is 14.9. The van der Waals surface area contributed by atoms with Gasteiger partial charge in [0.1, 0.15) is 0 Å². The lowest BCUT2D eigenvalue weighted by Crippen LogP contribution is -2.48. The maximum Gasteiger partial charge on any atom is 0.270 e. The van der Waals surface area contributed by atoms with Crippen LogP contribution in [0.4, 0.5) is 5.69 Å². The number of carbonyl (C=O) groups is 1. The van der Waals surface area contributed by atoms with Gasteiger partial charge in [-0.05, 0) is 32.0 Å². The Morgan fingerprint density at radius 2 is 1.74 bits per heavy atom. The Bertz CT molecular complexity index is 1100. The minimum Gasteiger partial charge on any atom is -0.336 e. The fourth-order valence-electron chi connectivity index (χ4n) is 3.99. The largest absolute Gasteiger partial charge is 0.336 e. The maximum absolute atomic E-state index is 12.8. The van der Waals surface area contributed by atoms with Gasteiger partial charge >= 0.3 is 0 Å². The first kappa shape index (κ1) is 20.7. The van der Waals surface area contributed by atoms with Gasteiger partial charge < -0.3 is 4.90 Å². The smallest absolute Gasteiger partial charge is 0.270 e. The summed E-state index contributed by atoms with van der Waals surface area (Å²) in [5.74, 6) is -0.160. The molecule has 3 aromatic rings. The first-order valence-electron chi connectivity index (χ1n) is 10.3. The zero-order chi connectivity index (χ0) is 22.0. The van der Waals surface area contributed by atoms with E-state index in [-0.39, 0.29) is 11.6 Å². The normalized spacial score (nSPS) is 14.6. The van der Waals surface area contributed by atoms with Gasteiger partial charge in [-0.15, -0.1) is 0 Å². The van der Waals surface area contributed by atoms with E-state index in [1.165, 1.54) is 17.7 Å². The maximum atomic E-state index is 12.8. The van der Waals surface area contributed by atoms with Gasteiger partial charge in [-0.25, -0.2) is 4.68 Å². The van der Waals surface area contributed by atoms with Crippen molar-refractivity contribution >= 4 is 11.6 Å². The highest BCUT2D eigenvalue weighted by molar-refractivity contribution is 5.94. The van der Waals surface area contributed by atoms with E-state index < -0.39 is 4.92 Å². The number of nitro groups is 1. The molecule has 0 atom stereocenters. The summed E-state index contributed by atoms with van der Waals surface area (Å²) in [5, 5.41) is 15.7. The van der Waals surface area contributed by atoms with E-state index in [1.807, 2.05) is 41.9 Å². The second-order valence-corrected chi connectivity index (χ2v) is 7.77. The summed E-state index contributed by atoms with van der Waals surface area (Å²) >= 11 is 0. The van der Waals surface area contributed by atoms with Gasteiger partial charge in [0.25, 0.3) is 11.6 Å². The number of carbonyl (C=O) groups excluding carboxylic acids is 1. The third-order valence-corrected chi connectivity index (χ3v) is 5.79. The molecule has 0 aliphatic carbocycles. The minimum absolute atomic E-state index is 0.0640. The summed E-state index contributed by atoms with van der Waals surface area (Å²) in [5.41, 5.74) is 4.68. The van der Waals surface area contributed by atoms with Crippen LogP contribution in [-0.2, 0) is 6.54 Å². The molecule has 8 heteroatoms. The second-order valence-electron chi connectivity index (χ2n) is 7.77. The number of hydrogen-bond donors (Lipinski definition) is 0. The van der Waals surface area contributed by atoms with Crippen LogP contribution >= 0.6 is 0 Å². The van der Waals surface area contributed by atoms with Gasteiger partial charge in [0.15, 0.2) is 0 Å². The fourth-order valence-corrected chi connectivity index (χ4v) is 3.99. The molecule has 0 N–H and O–H groups in total. The van der Waals surface area contributed by atoms with E-state index in [0.717, 1.165) is 36.7 Å². The number of hydrogen-bond acceptors (Lipinski definition) is 5. The average Bonchev–Trinajstić information content (AvgIpc) is 3.08.